The number of alkyl halides is 1. The van der Waals surface area contributed by atoms with Crippen LogP contribution < -0.4 is 0 Å². The lowest BCUT2D eigenvalue weighted by Crippen LogP contribution is -2.31. The van der Waals surface area contributed by atoms with Gasteiger partial charge in [0.1, 0.15) is 0 Å². The van der Waals surface area contributed by atoms with Crippen LogP contribution in [0, 0.1) is 0 Å². The molecule has 1 aliphatic rings. The summed E-state index contributed by atoms with van der Waals surface area (Å²) >= 11 is 5.75. The highest BCUT2D eigenvalue weighted by atomic mass is 35.5. The van der Waals surface area contributed by atoms with E-state index in [1.165, 1.54) is 6.08 Å². The zero-order valence-electron chi connectivity index (χ0n) is 5.66. The van der Waals surface area contributed by atoms with Crippen molar-refractivity contribution in [2.75, 3.05) is 0 Å². The monoisotopic (exact) mass is 174 g/mol. The molecule has 0 aromatic carbocycles. The first-order valence-electron chi connectivity index (χ1n) is 3.08. The average Bonchev–Trinajstić information content (AvgIpc) is 2.04. The van der Waals surface area contributed by atoms with Gasteiger partial charge in [0.25, 0.3) is 0 Å². The molecule has 0 saturated heterocycles. The number of carbonyl (C=O) groups excluding carboxylic acids is 1. The Morgan fingerprint density at radius 3 is 2.82 bits per heavy atom. The Labute approximate surface area is 68.8 Å². The van der Waals surface area contributed by atoms with E-state index in [1.807, 2.05) is 0 Å². The van der Waals surface area contributed by atoms with Crippen LogP contribution in [0.2, 0.25) is 0 Å². The van der Waals surface area contributed by atoms with E-state index in [4.69, 9.17) is 16.9 Å². The molecule has 1 rings (SSSR count). The molecule has 0 heterocycles. The van der Waals surface area contributed by atoms with Gasteiger partial charge in [0.05, 0.1) is 0 Å². The molecule has 1 atom stereocenters. The molecule has 60 valence electrons. The highest BCUT2D eigenvalue weighted by Crippen LogP contribution is 2.26. The van der Waals surface area contributed by atoms with Crippen molar-refractivity contribution < 1.29 is 14.9 Å². The molecule has 1 N–H and O–H groups in total. The summed E-state index contributed by atoms with van der Waals surface area (Å²) < 4.78 is 0. The maximum Gasteiger partial charge on any atom is 0.366 e. The molecule has 0 saturated carbocycles. The van der Waals surface area contributed by atoms with Gasteiger partial charge in [-0.25, -0.2) is 4.79 Å². The molecule has 0 bridgehead atoms. The fraction of sp³-hybridized carbons (Fsp3) is 0.286. The largest absolute Gasteiger partial charge is 0.366 e. The Kier molecular flexibility index (Phi) is 2.31. The SMILES string of the molecule is O=C(OO)C1(Cl)C=CC=CC1. The lowest BCUT2D eigenvalue weighted by atomic mass is 10.0. The highest BCUT2D eigenvalue weighted by molar-refractivity contribution is 6.35. The lowest BCUT2D eigenvalue weighted by molar-refractivity contribution is -0.236. The van der Waals surface area contributed by atoms with Crippen LogP contribution in [0.15, 0.2) is 24.3 Å². The fourth-order valence-corrected chi connectivity index (χ4v) is 1.02. The Morgan fingerprint density at radius 2 is 2.36 bits per heavy atom. The summed E-state index contributed by atoms with van der Waals surface area (Å²) in [4.78, 5) is 13.1. The third-order valence-corrected chi connectivity index (χ3v) is 1.88. The van der Waals surface area contributed by atoms with Crippen LogP contribution in [0.25, 0.3) is 0 Å². The highest BCUT2D eigenvalue weighted by Gasteiger charge is 2.35. The number of hydrogen-bond acceptors (Lipinski definition) is 3. The minimum Gasteiger partial charge on any atom is -0.299 e. The Hall–Kier alpha value is -0.800. The number of carbonyl (C=O) groups is 1. The van der Waals surface area contributed by atoms with Gasteiger partial charge in [-0.1, -0.05) is 24.3 Å². The Bertz CT molecular complexity index is 222. The maximum absolute atomic E-state index is 10.8. The minimum absolute atomic E-state index is 0.338. The Morgan fingerprint density at radius 1 is 1.64 bits per heavy atom. The van der Waals surface area contributed by atoms with Crippen molar-refractivity contribution in [3.05, 3.63) is 24.3 Å². The van der Waals surface area contributed by atoms with Gasteiger partial charge < -0.3 is 0 Å². The smallest absolute Gasteiger partial charge is 0.299 e. The van der Waals surface area contributed by atoms with E-state index in [9.17, 15) is 4.79 Å². The van der Waals surface area contributed by atoms with Crippen molar-refractivity contribution in [2.45, 2.75) is 11.3 Å². The van der Waals surface area contributed by atoms with Crippen molar-refractivity contribution in [3.63, 3.8) is 0 Å². The van der Waals surface area contributed by atoms with Crippen molar-refractivity contribution >= 4 is 17.6 Å². The first-order chi connectivity index (χ1) is 5.19. The van der Waals surface area contributed by atoms with E-state index in [0.29, 0.717) is 6.42 Å². The summed E-state index contributed by atoms with van der Waals surface area (Å²) in [6.07, 6.45) is 6.94. The number of hydrogen-bond donors (Lipinski definition) is 1. The van der Waals surface area contributed by atoms with Crippen LogP contribution in [0.1, 0.15) is 6.42 Å². The van der Waals surface area contributed by atoms with E-state index in [1.54, 1.807) is 18.2 Å². The molecule has 4 heteroatoms. The predicted molar refractivity (Wildman–Crippen MR) is 40.2 cm³/mol. The first-order valence-corrected chi connectivity index (χ1v) is 3.46. The molecular formula is C7H7ClO3. The van der Waals surface area contributed by atoms with Gasteiger partial charge in [0.15, 0.2) is 4.87 Å². The predicted octanol–water partition coefficient (Wildman–Crippen LogP) is 1.50. The normalized spacial score (nSPS) is 28.5. The fourth-order valence-electron chi connectivity index (χ4n) is 0.821. The van der Waals surface area contributed by atoms with Gasteiger partial charge in [0.2, 0.25) is 0 Å². The second-order valence-corrected chi connectivity index (χ2v) is 2.91. The molecule has 0 radical (unpaired) electrons. The Balaban J connectivity index is 2.75. The summed E-state index contributed by atoms with van der Waals surface area (Å²) in [5.41, 5.74) is 0. The quantitative estimate of drug-likeness (QED) is 0.372. The van der Waals surface area contributed by atoms with Gasteiger partial charge in [-0.2, -0.15) is 5.26 Å². The summed E-state index contributed by atoms with van der Waals surface area (Å²) in [5.74, 6) is -0.847. The van der Waals surface area contributed by atoms with E-state index in [-0.39, 0.29) is 0 Å². The van der Waals surface area contributed by atoms with E-state index < -0.39 is 10.8 Å². The van der Waals surface area contributed by atoms with Gasteiger partial charge >= 0.3 is 5.97 Å². The standard InChI is InChI=1S/C7H7ClO3/c8-7(6(9)11-10)4-2-1-3-5-7/h1-4,10H,5H2. The maximum atomic E-state index is 10.8. The molecule has 3 nitrogen and oxygen atoms in total. The molecular weight excluding hydrogens is 168 g/mol. The second kappa shape index (κ2) is 3.07. The van der Waals surface area contributed by atoms with Crippen LogP contribution in [-0.2, 0) is 9.68 Å². The van der Waals surface area contributed by atoms with Crippen LogP contribution in [0.5, 0.6) is 0 Å². The molecule has 1 unspecified atom stereocenters. The van der Waals surface area contributed by atoms with Gasteiger partial charge in [-0.15, -0.1) is 11.6 Å². The van der Waals surface area contributed by atoms with Crippen LogP contribution in [-0.4, -0.2) is 16.1 Å². The van der Waals surface area contributed by atoms with Crippen molar-refractivity contribution in [2.24, 2.45) is 0 Å². The lowest BCUT2D eigenvalue weighted by Gasteiger charge is -2.18. The third-order valence-electron chi connectivity index (χ3n) is 1.44. The minimum atomic E-state index is -1.22. The number of rotatable bonds is 1. The summed E-state index contributed by atoms with van der Waals surface area (Å²) in [5, 5.41) is 8.06. The van der Waals surface area contributed by atoms with Crippen molar-refractivity contribution in [1.29, 1.82) is 0 Å². The number of allylic oxidation sites excluding steroid dienone is 3. The van der Waals surface area contributed by atoms with Crippen LogP contribution in [0.3, 0.4) is 0 Å². The summed E-state index contributed by atoms with van der Waals surface area (Å²) in [6, 6.07) is 0. The van der Waals surface area contributed by atoms with Crippen LogP contribution in [0.4, 0.5) is 0 Å². The number of halogens is 1. The first kappa shape index (κ1) is 8.30. The van der Waals surface area contributed by atoms with Crippen molar-refractivity contribution in [3.8, 4) is 0 Å². The van der Waals surface area contributed by atoms with E-state index in [2.05, 4.69) is 4.89 Å². The van der Waals surface area contributed by atoms with Gasteiger partial charge in [-0.05, 0) is 6.42 Å². The summed E-state index contributed by atoms with van der Waals surface area (Å²) in [6.45, 7) is 0. The average molecular weight is 175 g/mol. The molecule has 0 spiro atoms. The molecule has 0 aromatic rings. The summed E-state index contributed by atoms with van der Waals surface area (Å²) in [7, 11) is 0. The molecule has 0 fully saturated rings. The topological polar surface area (TPSA) is 46.5 Å². The zero-order chi connectivity index (χ0) is 8.32. The molecule has 1 aliphatic carbocycles. The molecule has 0 amide bonds. The molecule has 11 heavy (non-hydrogen) atoms. The van der Waals surface area contributed by atoms with Crippen LogP contribution >= 0.6 is 11.6 Å². The molecule has 0 aromatic heterocycles. The van der Waals surface area contributed by atoms with E-state index >= 15 is 0 Å². The second-order valence-electron chi connectivity index (χ2n) is 2.23. The van der Waals surface area contributed by atoms with Crippen molar-refractivity contribution in [1.82, 2.24) is 0 Å². The molecule has 0 aliphatic heterocycles. The third kappa shape index (κ3) is 1.61. The van der Waals surface area contributed by atoms with Gasteiger partial charge in [0, 0.05) is 0 Å². The van der Waals surface area contributed by atoms with Gasteiger partial charge in [-0.3, -0.25) is 4.89 Å². The zero-order valence-corrected chi connectivity index (χ0v) is 6.41. The van der Waals surface area contributed by atoms with E-state index in [0.717, 1.165) is 0 Å².